The third-order valence-electron chi connectivity index (χ3n) is 3.82. The number of hydrogen-bond acceptors (Lipinski definition) is 4. The summed E-state index contributed by atoms with van der Waals surface area (Å²) in [6.45, 7) is 5.40. The van der Waals surface area contributed by atoms with Gasteiger partial charge in [-0.1, -0.05) is 52.6 Å². The highest BCUT2D eigenvalue weighted by atomic mass is 127. The largest absolute Gasteiger partial charge is 0.349 e. The van der Waals surface area contributed by atoms with E-state index in [1.807, 2.05) is 13.8 Å². The van der Waals surface area contributed by atoms with Crippen molar-refractivity contribution in [2.75, 3.05) is 15.5 Å². The van der Waals surface area contributed by atoms with Crippen molar-refractivity contribution in [1.29, 1.82) is 0 Å². The molecule has 0 bridgehead atoms. The zero-order valence-electron chi connectivity index (χ0n) is 14.2. The number of hydrogen-bond donors (Lipinski definition) is 2. The lowest BCUT2D eigenvalue weighted by molar-refractivity contribution is 0.0904. The lowest BCUT2D eigenvalue weighted by Gasteiger charge is -2.21. The number of nitrogens with one attached hydrogen (secondary N) is 2. The SMILES string of the molecule is C.C[C@H]1CNC(=O)c2c(I)cnn21.C[C@H]1CNC(=O)c2ccnn21.ICI. The summed E-state index contributed by atoms with van der Waals surface area (Å²) in [5.74, 6) is -0.0457. The van der Waals surface area contributed by atoms with Gasteiger partial charge < -0.3 is 10.6 Å². The van der Waals surface area contributed by atoms with Gasteiger partial charge in [-0.25, -0.2) is 0 Å². The van der Waals surface area contributed by atoms with Gasteiger partial charge in [0, 0.05) is 19.3 Å². The molecule has 0 radical (unpaired) electrons. The van der Waals surface area contributed by atoms with Gasteiger partial charge >= 0.3 is 0 Å². The molecule has 2 atom stereocenters. The predicted molar refractivity (Wildman–Crippen MR) is 131 cm³/mol. The number of nitrogens with zero attached hydrogens (tertiary/aromatic N) is 4. The van der Waals surface area contributed by atoms with Crippen molar-refractivity contribution in [2.45, 2.75) is 33.4 Å². The fourth-order valence-corrected chi connectivity index (χ4v) is 3.18. The molecular formula is C16H23I3N6O2. The second kappa shape index (κ2) is 11.5. The van der Waals surface area contributed by atoms with E-state index < -0.39 is 0 Å². The van der Waals surface area contributed by atoms with Crippen LogP contribution < -0.4 is 10.6 Å². The molecule has 2 aromatic rings. The van der Waals surface area contributed by atoms with Gasteiger partial charge in [0.1, 0.15) is 11.4 Å². The summed E-state index contributed by atoms with van der Waals surface area (Å²) in [5, 5.41) is 13.8. The molecule has 0 unspecified atom stereocenters. The molecule has 0 aromatic carbocycles. The number of carbonyl (C=O) groups excluding carboxylic acids is 2. The summed E-state index contributed by atoms with van der Waals surface area (Å²) in [6, 6.07) is 2.27. The molecule has 4 heterocycles. The average molecular weight is 712 g/mol. The smallest absolute Gasteiger partial charge is 0.270 e. The van der Waals surface area contributed by atoms with Gasteiger partial charge in [0.15, 0.2) is 0 Å². The van der Waals surface area contributed by atoms with E-state index in [1.54, 1.807) is 27.8 Å². The predicted octanol–water partition coefficient (Wildman–Crippen LogP) is 3.43. The molecule has 0 aliphatic carbocycles. The molecule has 2 aromatic heterocycles. The van der Waals surface area contributed by atoms with Crippen molar-refractivity contribution < 1.29 is 9.59 Å². The molecule has 0 fully saturated rings. The molecular weight excluding hydrogens is 689 g/mol. The highest BCUT2D eigenvalue weighted by molar-refractivity contribution is 14.2. The first-order valence-corrected chi connectivity index (χ1v) is 12.0. The summed E-state index contributed by atoms with van der Waals surface area (Å²) in [4.78, 5) is 22.5. The number of amides is 2. The second-order valence-electron chi connectivity index (χ2n) is 5.67. The van der Waals surface area contributed by atoms with Gasteiger partial charge in [-0.15, -0.1) is 0 Å². The van der Waals surface area contributed by atoms with Crippen molar-refractivity contribution in [3.8, 4) is 0 Å². The minimum atomic E-state index is -0.0272. The highest BCUT2D eigenvalue weighted by Gasteiger charge is 2.25. The van der Waals surface area contributed by atoms with E-state index >= 15 is 0 Å². The van der Waals surface area contributed by atoms with Crippen LogP contribution in [0.3, 0.4) is 0 Å². The normalized spacial score (nSPS) is 19.6. The van der Waals surface area contributed by atoms with Gasteiger partial charge in [-0.05, 0) is 42.5 Å². The van der Waals surface area contributed by atoms with E-state index in [9.17, 15) is 9.59 Å². The summed E-state index contributed by atoms with van der Waals surface area (Å²) < 4.78 is 5.63. The van der Waals surface area contributed by atoms with Crippen LogP contribution in [-0.4, -0.2) is 46.9 Å². The molecule has 27 heavy (non-hydrogen) atoms. The molecule has 150 valence electrons. The molecule has 0 saturated heterocycles. The van der Waals surface area contributed by atoms with Crippen LogP contribution in [-0.2, 0) is 0 Å². The van der Waals surface area contributed by atoms with Crippen LogP contribution in [0.4, 0.5) is 0 Å². The number of alkyl halides is 2. The third kappa shape index (κ3) is 6.01. The van der Waals surface area contributed by atoms with Gasteiger partial charge in [-0.3, -0.25) is 19.0 Å². The standard InChI is InChI=1S/C7H8IN3O.C7H9N3O.CH2I2.CH4/c1-4-2-9-7(12)6-5(8)3-10-11(4)6;1-5-4-8-7(11)6-2-3-9-10(5)6;2-1-3;/h3-4H,2H2,1H3,(H,9,12);2-3,5H,4H2,1H3,(H,8,11);1H2;1H4/t4-;5-;;/m00../s1. The second-order valence-corrected chi connectivity index (χ2v) is 11.3. The highest BCUT2D eigenvalue weighted by Crippen LogP contribution is 2.18. The van der Waals surface area contributed by atoms with Crippen molar-refractivity contribution >= 4 is 79.6 Å². The lowest BCUT2D eigenvalue weighted by Crippen LogP contribution is -2.38. The lowest BCUT2D eigenvalue weighted by atomic mass is 10.2. The summed E-state index contributed by atoms with van der Waals surface area (Å²) in [7, 11) is 0. The Balaban J connectivity index is 0.000000229. The fraction of sp³-hybridized carbons (Fsp3) is 0.500. The number of fused-ring (bicyclic) bond motifs is 2. The van der Waals surface area contributed by atoms with Crippen LogP contribution in [0.25, 0.3) is 0 Å². The Morgan fingerprint density at radius 2 is 1.63 bits per heavy atom. The average Bonchev–Trinajstić information content (AvgIpc) is 3.24. The van der Waals surface area contributed by atoms with Gasteiger partial charge in [0.25, 0.3) is 11.8 Å². The fourth-order valence-electron chi connectivity index (χ4n) is 2.56. The number of halogens is 3. The molecule has 2 amide bonds. The Morgan fingerprint density at radius 3 is 2.19 bits per heavy atom. The molecule has 11 heteroatoms. The minimum absolute atomic E-state index is 0. The summed E-state index contributed by atoms with van der Waals surface area (Å²) in [6.07, 6.45) is 3.37. The van der Waals surface area contributed by atoms with Crippen LogP contribution in [0.5, 0.6) is 0 Å². The van der Waals surface area contributed by atoms with Crippen LogP contribution in [0.1, 0.15) is 54.3 Å². The van der Waals surface area contributed by atoms with E-state index in [2.05, 4.69) is 88.6 Å². The maximum Gasteiger partial charge on any atom is 0.270 e. The van der Waals surface area contributed by atoms with E-state index in [0.29, 0.717) is 24.5 Å². The van der Waals surface area contributed by atoms with Crippen LogP contribution >= 0.6 is 67.8 Å². The molecule has 0 spiro atoms. The van der Waals surface area contributed by atoms with E-state index in [0.717, 1.165) is 3.57 Å². The first-order valence-electron chi connectivity index (χ1n) is 7.85. The quantitative estimate of drug-likeness (QED) is 0.324. The Labute approximate surface area is 200 Å². The summed E-state index contributed by atoms with van der Waals surface area (Å²) in [5.41, 5.74) is 1.35. The molecule has 2 N–H and O–H groups in total. The van der Waals surface area contributed by atoms with E-state index in [1.165, 1.54) is 2.43 Å². The van der Waals surface area contributed by atoms with Crippen LogP contribution in [0.2, 0.25) is 0 Å². The number of carbonyl (C=O) groups is 2. The zero-order chi connectivity index (χ0) is 19.3. The first kappa shape index (κ1) is 24.6. The van der Waals surface area contributed by atoms with E-state index in [4.69, 9.17) is 0 Å². The third-order valence-corrected chi connectivity index (χ3v) is 4.61. The maximum absolute atomic E-state index is 11.3. The Hall–Kier alpha value is -0.450. The van der Waals surface area contributed by atoms with Crippen molar-refractivity contribution in [1.82, 2.24) is 30.2 Å². The molecule has 4 rings (SSSR count). The van der Waals surface area contributed by atoms with Gasteiger partial charge in [0.05, 0.1) is 24.3 Å². The topological polar surface area (TPSA) is 93.8 Å². The minimum Gasteiger partial charge on any atom is -0.349 e. The number of rotatable bonds is 0. The number of aromatic nitrogens is 4. The van der Waals surface area contributed by atoms with Gasteiger partial charge in [-0.2, -0.15) is 10.2 Å². The van der Waals surface area contributed by atoms with Crippen molar-refractivity contribution in [3.05, 3.63) is 33.4 Å². The van der Waals surface area contributed by atoms with Crippen molar-refractivity contribution in [3.63, 3.8) is 0 Å². The van der Waals surface area contributed by atoms with E-state index in [-0.39, 0.29) is 31.3 Å². The molecule has 2 aliphatic rings. The Bertz CT molecular complexity index is 776. The van der Waals surface area contributed by atoms with Crippen LogP contribution in [0, 0.1) is 3.57 Å². The molecule has 8 nitrogen and oxygen atoms in total. The maximum atomic E-state index is 11.3. The first-order chi connectivity index (χ1) is 12.4. The van der Waals surface area contributed by atoms with Crippen molar-refractivity contribution in [2.24, 2.45) is 0 Å². The molecule has 2 aliphatic heterocycles. The summed E-state index contributed by atoms with van der Waals surface area (Å²) >= 11 is 6.67. The monoisotopic (exact) mass is 712 g/mol. The zero-order valence-corrected chi connectivity index (χ0v) is 20.7. The van der Waals surface area contributed by atoms with Gasteiger partial charge in [0.2, 0.25) is 0 Å². The Kier molecular flexibility index (Phi) is 10.5. The Morgan fingerprint density at radius 1 is 1.07 bits per heavy atom. The molecule has 0 saturated carbocycles. The van der Waals surface area contributed by atoms with Crippen LogP contribution in [0.15, 0.2) is 18.5 Å².